The van der Waals surface area contributed by atoms with Gasteiger partial charge in [-0.15, -0.1) is 0 Å². The molecule has 0 heterocycles. The van der Waals surface area contributed by atoms with Crippen molar-refractivity contribution in [1.82, 2.24) is 0 Å². The highest BCUT2D eigenvalue weighted by Gasteiger charge is 2.08. The SMILES string of the molecule is CCc1ccccc1NCc1cccc(C(=O)Nc2ccc(C)c(Br)c2)c1. The van der Waals surface area contributed by atoms with E-state index in [-0.39, 0.29) is 5.91 Å². The molecule has 138 valence electrons. The standard InChI is InChI=1S/C23H23BrN2O/c1-3-18-8-4-5-10-22(18)25-15-17-7-6-9-19(13-17)23(27)26-20-12-11-16(2)21(24)14-20/h4-14,25H,3,15H2,1-2H3,(H,26,27). The van der Waals surface area contributed by atoms with Crippen molar-refractivity contribution >= 4 is 33.2 Å². The minimum absolute atomic E-state index is 0.110. The summed E-state index contributed by atoms with van der Waals surface area (Å²) in [5, 5.41) is 6.43. The second-order valence-corrected chi connectivity index (χ2v) is 7.34. The summed E-state index contributed by atoms with van der Waals surface area (Å²) in [6, 6.07) is 21.8. The van der Waals surface area contributed by atoms with Crippen molar-refractivity contribution in [1.29, 1.82) is 0 Å². The van der Waals surface area contributed by atoms with Gasteiger partial charge < -0.3 is 10.6 Å². The molecule has 0 bridgehead atoms. The van der Waals surface area contributed by atoms with E-state index in [2.05, 4.69) is 51.7 Å². The molecule has 0 aliphatic heterocycles. The fourth-order valence-corrected chi connectivity index (χ4v) is 3.27. The lowest BCUT2D eigenvalue weighted by Gasteiger charge is -2.12. The molecule has 0 aromatic heterocycles. The van der Waals surface area contributed by atoms with Gasteiger partial charge in [-0.25, -0.2) is 0 Å². The molecule has 0 aliphatic carbocycles. The third kappa shape index (κ3) is 4.98. The van der Waals surface area contributed by atoms with Crippen LogP contribution in [0, 0.1) is 6.92 Å². The highest BCUT2D eigenvalue weighted by Crippen LogP contribution is 2.21. The summed E-state index contributed by atoms with van der Waals surface area (Å²) in [6.07, 6.45) is 0.984. The van der Waals surface area contributed by atoms with Gasteiger partial charge in [-0.3, -0.25) is 4.79 Å². The Bertz CT molecular complexity index is 953. The van der Waals surface area contributed by atoms with Gasteiger partial charge in [0.25, 0.3) is 5.91 Å². The van der Waals surface area contributed by atoms with Gasteiger partial charge in [0.05, 0.1) is 0 Å². The molecule has 3 aromatic rings. The molecule has 3 rings (SSSR count). The third-order valence-corrected chi connectivity index (χ3v) is 5.35. The van der Waals surface area contributed by atoms with Crippen LogP contribution in [0.3, 0.4) is 0 Å². The van der Waals surface area contributed by atoms with E-state index in [1.807, 2.05) is 55.5 Å². The minimum atomic E-state index is -0.110. The van der Waals surface area contributed by atoms with Crippen molar-refractivity contribution in [2.45, 2.75) is 26.8 Å². The summed E-state index contributed by atoms with van der Waals surface area (Å²) in [5.41, 5.74) is 6.05. The van der Waals surface area contributed by atoms with Crippen LogP contribution in [0.1, 0.15) is 34.0 Å². The lowest BCUT2D eigenvalue weighted by Crippen LogP contribution is -2.12. The molecule has 0 radical (unpaired) electrons. The molecule has 0 unspecified atom stereocenters. The lowest BCUT2D eigenvalue weighted by atomic mass is 10.1. The predicted octanol–water partition coefficient (Wildman–Crippen LogP) is 6.18. The van der Waals surface area contributed by atoms with Gasteiger partial charge in [-0.2, -0.15) is 0 Å². The highest BCUT2D eigenvalue weighted by molar-refractivity contribution is 9.10. The van der Waals surface area contributed by atoms with Crippen LogP contribution in [0.5, 0.6) is 0 Å². The Hall–Kier alpha value is -2.59. The molecular weight excluding hydrogens is 400 g/mol. The Morgan fingerprint density at radius 1 is 1.00 bits per heavy atom. The summed E-state index contributed by atoms with van der Waals surface area (Å²) in [4.78, 5) is 12.6. The van der Waals surface area contributed by atoms with Crippen molar-refractivity contribution in [2.24, 2.45) is 0 Å². The second kappa shape index (κ2) is 8.87. The monoisotopic (exact) mass is 422 g/mol. The first-order chi connectivity index (χ1) is 13.1. The molecular formula is C23H23BrN2O. The normalized spacial score (nSPS) is 10.5. The largest absolute Gasteiger partial charge is 0.381 e. The Labute approximate surface area is 168 Å². The maximum absolute atomic E-state index is 12.6. The van der Waals surface area contributed by atoms with E-state index in [4.69, 9.17) is 0 Å². The Balaban J connectivity index is 1.69. The van der Waals surface area contributed by atoms with Crippen molar-refractivity contribution in [3.05, 3.63) is 93.5 Å². The second-order valence-electron chi connectivity index (χ2n) is 6.48. The van der Waals surface area contributed by atoms with E-state index < -0.39 is 0 Å². The topological polar surface area (TPSA) is 41.1 Å². The van der Waals surface area contributed by atoms with Gasteiger partial charge in [-0.05, 0) is 60.4 Å². The average molecular weight is 423 g/mol. The van der Waals surface area contributed by atoms with Crippen LogP contribution in [0.15, 0.2) is 71.2 Å². The number of aryl methyl sites for hydroxylation is 2. The molecule has 3 aromatic carbocycles. The smallest absolute Gasteiger partial charge is 0.255 e. The summed E-state index contributed by atoms with van der Waals surface area (Å²) in [6.45, 7) is 4.84. The lowest BCUT2D eigenvalue weighted by molar-refractivity contribution is 0.102. The van der Waals surface area contributed by atoms with Crippen molar-refractivity contribution in [3.8, 4) is 0 Å². The van der Waals surface area contributed by atoms with E-state index >= 15 is 0 Å². The fraction of sp³-hybridized carbons (Fsp3) is 0.174. The number of amides is 1. The quantitative estimate of drug-likeness (QED) is 0.497. The summed E-state index contributed by atoms with van der Waals surface area (Å²) in [7, 11) is 0. The zero-order valence-electron chi connectivity index (χ0n) is 15.6. The molecule has 1 amide bonds. The van der Waals surface area contributed by atoms with Gasteiger partial charge in [0.15, 0.2) is 0 Å². The van der Waals surface area contributed by atoms with Gasteiger partial charge in [0, 0.05) is 28.0 Å². The van der Waals surface area contributed by atoms with Crippen LogP contribution in [0.4, 0.5) is 11.4 Å². The van der Waals surface area contributed by atoms with E-state index in [1.165, 1.54) is 5.56 Å². The summed E-state index contributed by atoms with van der Waals surface area (Å²) in [5.74, 6) is -0.110. The zero-order chi connectivity index (χ0) is 19.2. The molecule has 4 heteroatoms. The Morgan fingerprint density at radius 3 is 2.59 bits per heavy atom. The van der Waals surface area contributed by atoms with Crippen LogP contribution < -0.4 is 10.6 Å². The van der Waals surface area contributed by atoms with Crippen LogP contribution in [0.2, 0.25) is 0 Å². The van der Waals surface area contributed by atoms with Crippen LogP contribution >= 0.6 is 15.9 Å². The Kier molecular flexibility index (Phi) is 6.30. The number of carbonyl (C=O) groups is 1. The molecule has 27 heavy (non-hydrogen) atoms. The number of hydrogen-bond donors (Lipinski definition) is 2. The Morgan fingerprint density at radius 2 is 1.81 bits per heavy atom. The van der Waals surface area contributed by atoms with Crippen molar-refractivity contribution < 1.29 is 4.79 Å². The maximum Gasteiger partial charge on any atom is 0.255 e. The molecule has 0 atom stereocenters. The predicted molar refractivity (Wildman–Crippen MR) is 116 cm³/mol. The molecule has 3 nitrogen and oxygen atoms in total. The van der Waals surface area contributed by atoms with Crippen LogP contribution in [-0.2, 0) is 13.0 Å². The van der Waals surface area contributed by atoms with Crippen LogP contribution in [0.25, 0.3) is 0 Å². The molecule has 0 saturated carbocycles. The minimum Gasteiger partial charge on any atom is -0.381 e. The molecule has 0 aliphatic rings. The number of halogens is 1. The van der Waals surface area contributed by atoms with Gasteiger partial charge >= 0.3 is 0 Å². The number of rotatable bonds is 6. The zero-order valence-corrected chi connectivity index (χ0v) is 17.1. The molecule has 0 fully saturated rings. The highest BCUT2D eigenvalue weighted by atomic mass is 79.9. The van der Waals surface area contributed by atoms with Crippen molar-refractivity contribution in [2.75, 3.05) is 10.6 Å². The van der Waals surface area contributed by atoms with Crippen LogP contribution in [-0.4, -0.2) is 5.91 Å². The number of hydrogen-bond acceptors (Lipinski definition) is 2. The number of anilines is 2. The summed E-state index contributed by atoms with van der Waals surface area (Å²) < 4.78 is 0.979. The van der Waals surface area contributed by atoms with Crippen molar-refractivity contribution in [3.63, 3.8) is 0 Å². The first-order valence-corrected chi connectivity index (χ1v) is 9.84. The first-order valence-electron chi connectivity index (χ1n) is 9.05. The van der Waals surface area contributed by atoms with E-state index in [1.54, 1.807) is 0 Å². The third-order valence-electron chi connectivity index (χ3n) is 4.50. The fourth-order valence-electron chi connectivity index (χ4n) is 2.89. The van der Waals surface area contributed by atoms with E-state index in [0.717, 1.165) is 33.4 Å². The molecule has 0 saturated heterocycles. The number of carbonyl (C=O) groups excluding carboxylic acids is 1. The number of para-hydroxylation sites is 1. The first kappa shape index (κ1) is 19.2. The maximum atomic E-state index is 12.6. The summed E-state index contributed by atoms with van der Waals surface area (Å²) >= 11 is 3.50. The van der Waals surface area contributed by atoms with Gasteiger partial charge in [-0.1, -0.05) is 59.3 Å². The van der Waals surface area contributed by atoms with E-state index in [9.17, 15) is 4.79 Å². The molecule has 0 spiro atoms. The van der Waals surface area contributed by atoms with Gasteiger partial charge in [0.2, 0.25) is 0 Å². The van der Waals surface area contributed by atoms with E-state index in [0.29, 0.717) is 12.1 Å². The van der Waals surface area contributed by atoms with Gasteiger partial charge in [0.1, 0.15) is 0 Å². The number of benzene rings is 3. The average Bonchev–Trinajstić information content (AvgIpc) is 2.69. The number of nitrogens with one attached hydrogen (secondary N) is 2. The molecule has 2 N–H and O–H groups in total.